The number of alkyl halides is 3. The molecule has 0 saturated heterocycles. The lowest BCUT2D eigenvalue weighted by Gasteiger charge is -2.10. The molecule has 2 aromatic heterocycles. The van der Waals surface area contributed by atoms with Gasteiger partial charge < -0.3 is 20.1 Å². The number of nitrogens with one attached hydrogen (secondary N) is 3. The lowest BCUT2D eigenvalue weighted by atomic mass is 10.1. The standard InChI is InChI=1S/C22H18N4O4.C2HF3O2/c1-13-10-15(17-4-2-3-5-18(17)24-13)12-30-16-8-6-14(7-9-16)20(27)25-19-11-23-22(29)26-21(19)28;3-2(4,5)1(6)7/h2-11H,12H2,1H3,(H,25,27)(H2,23,26,28,29);(H,6,7). The van der Waals surface area contributed by atoms with E-state index in [1.807, 2.05) is 42.2 Å². The van der Waals surface area contributed by atoms with E-state index in [1.165, 1.54) is 0 Å². The average molecular weight is 516 g/mol. The maximum atomic E-state index is 12.3. The average Bonchev–Trinajstić information content (AvgIpc) is 2.84. The molecule has 10 nitrogen and oxygen atoms in total. The molecule has 4 aromatic rings. The van der Waals surface area contributed by atoms with Crippen LogP contribution >= 0.6 is 0 Å². The van der Waals surface area contributed by atoms with Crippen LogP contribution in [-0.2, 0) is 11.4 Å². The Morgan fingerprint density at radius 3 is 2.35 bits per heavy atom. The minimum atomic E-state index is -5.08. The number of carboxylic acids is 1. The predicted molar refractivity (Wildman–Crippen MR) is 127 cm³/mol. The van der Waals surface area contributed by atoms with E-state index in [0.29, 0.717) is 17.9 Å². The van der Waals surface area contributed by atoms with Crippen molar-refractivity contribution in [3.05, 3.63) is 98.5 Å². The van der Waals surface area contributed by atoms with Gasteiger partial charge in [-0.15, -0.1) is 0 Å². The number of pyridine rings is 1. The number of aryl methyl sites for hydroxylation is 1. The summed E-state index contributed by atoms with van der Waals surface area (Å²) in [6.07, 6.45) is -3.93. The van der Waals surface area contributed by atoms with E-state index in [4.69, 9.17) is 14.6 Å². The summed E-state index contributed by atoms with van der Waals surface area (Å²) in [7, 11) is 0. The van der Waals surface area contributed by atoms with E-state index >= 15 is 0 Å². The van der Waals surface area contributed by atoms with Crippen LogP contribution in [0.25, 0.3) is 10.9 Å². The number of ether oxygens (including phenoxy) is 1. The SMILES string of the molecule is Cc1cc(COc2ccc(C(=O)Nc3c[nH]c(=O)[nH]c3=O)cc2)c2ccccc2n1.O=C(O)C(F)(F)F. The number of hydrogen-bond acceptors (Lipinski definition) is 6. The van der Waals surface area contributed by atoms with Gasteiger partial charge in [-0.05, 0) is 43.3 Å². The number of aromatic amines is 2. The van der Waals surface area contributed by atoms with Crippen molar-refractivity contribution < 1.29 is 32.6 Å². The van der Waals surface area contributed by atoms with Crippen molar-refractivity contribution in [2.75, 3.05) is 5.32 Å². The molecule has 4 N–H and O–H groups in total. The summed E-state index contributed by atoms with van der Waals surface area (Å²) in [6.45, 7) is 2.30. The van der Waals surface area contributed by atoms with Gasteiger partial charge in [0.25, 0.3) is 11.5 Å². The Kier molecular flexibility index (Phi) is 8.07. The summed E-state index contributed by atoms with van der Waals surface area (Å²) in [5.74, 6) is -2.63. The molecule has 1 amide bonds. The molecular weight excluding hydrogens is 497 g/mol. The Labute approximate surface area is 205 Å². The molecule has 0 aliphatic carbocycles. The zero-order valence-electron chi connectivity index (χ0n) is 19.1. The normalized spacial score (nSPS) is 10.8. The highest BCUT2D eigenvalue weighted by Crippen LogP contribution is 2.21. The van der Waals surface area contributed by atoms with Gasteiger partial charge in [0.15, 0.2) is 0 Å². The Bertz CT molecular complexity index is 1550. The topological polar surface area (TPSA) is 154 Å². The van der Waals surface area contributed by atoms with Crippen molar-refractivity contribution in [3.8, 4) is 5.75 Å². The number of hydrogen-bond donors (Lipinski definition) is 4. The van der Waals surface area contributed by atoms with Crippen LogP contribution in [0.3, 0.4) is 0 Å². The zero-order valence-corrected chi connectivity index (χ0v) is 19.1. The largest absolute Gasteiger partial charge is 0.490 e. The molecule has 0 atom stereocenters. The third-order valence-electron chi connectivity index (χ3n) is 4.75. The van der Waals surface area contributed by atoms with Gasteiger partial charge in [-0.2, -0.15) is 13.2 Å². The minimum Gasteiger partial charge on any atom is -0.489 e. The van der Waals surface area contributed by atoms with E-state index in [9.17, 15) is 27.6 Å². The summed E-state index contributed by atoms with van der Waals surface area (Å²) in [6, 6.07) is 16.4. The number of aromatic nitrogens is 3. The first-order valence-electron chi connectivity index (χ1n) is 10.5. The van der Waals surface area contributed by atoms with E-state index < -0.39 is 29.3 Å². The number of aliphatic carboxylic acids is 1. The number of para-hydroxylation sites is 1. The van der Waals surface area contributed by atoms with Crippen molar-refractivity contribution >= 4 is 28.5 Å². The number of halogens is 3. The van der Waals surface area contributed by atoms with Crippen molar-refractivity contribution in [2.24, 2.45) is 0 Å². The molecule has 37 heavy (non-hydrogen) atoms. The number of anilines is 1. The Hall–Kier alpha value is -4.94. The monoisotopic (exact) mass is 516 g/mol. The van der Waals surface area contributed by atoms with Crippen LogP contribution in [-0.4, -0.2) is 38.1 Å². The maximum Gasteiger partial charge on any atom is 0.490 e. The Balaban J connectivity index is 0.000000479. The van der Waals surface area contributed by atoms with Crippen LogP contribution in [0, 0.1) is 6.92 Å². The van der Waals surface area contributed by atoms with Crippen LogP contribution in [0.5, 0.6) is 5.75 Å². The molecule has 0 spiro atoms. The third-order valence-corrected chi connectivity index (χ3v) is 4.75. The van der Waals surface area contributed by atoms with Crippen LogP contribution in [0.15, 0.2) is 70.4 Å². The molecule has 0 fully saturated rings. The van der Waals surface area contributed by atoms with Gasteiger partial charge in [-0.1, -0.05) is 18.2 Å². The van der Waals surface area contributed by atoms with Crippen LogP contribution in [0.2, 0.25) is 0 Å². The van der Waals surface area contributed by atoms with E-state index in [0.717, 1.165) is 28.4 Å². The second kappa shape index (κ2) is 11.2. The smallest absolute Gasteiger partial charge is 0.489 e. The molecule has 4 rings (SSSR count). The first kappa shape index (κ1) is 26.7. The van der Waals surface area contributed by atoms with Gasteiger partial charge >= 0.3 is 17.8 Å². The summed E-state index contributed by atoms with van der Waals surface area (Å²) in [5.41, 5.74) is 1.84. The van der Waals surface area contributed by atoms with Crippen molar-refractivity contribution in [1.29, 1.82) is 0 Å². The second-order valence-electron chi connectivity index (χ2n) is 7.50. The van der Waals surface area contributed by atoms with Gasteiger partial charge in [0.1, 0.15) is 18.0 Å². The number of fused-ring (bicyclic) bond motifs is 1. The van der Waals surface area contributed by atoms with Crippen LogP contribution in [0.4, 0.5) is 18.9 Å². The van der Waals surface area contributed by atoms with Crippen molar-refractivity contribution in [2.45, 2.75) is 19.7 Å². The molecule has 0 unspecified atom stereocenters. The highest BCUT2D eigenvalue weighted by molar-refractivity contribution is 6.04. The van der Waals surface area contributed by atoms with Gasteiger partial charge in [0.2, 0.25) is 0 Å². The van der Waals surface area contributed by atoms with Gasteiger partial charge in [-0.3, -0.25) is 19.6 Å². The number of carbonyl (C=O) groups is 2. The molecule has 2 aromatic carbocycles. The van der Waals surface area contributed by atoms with Gasteiger partial charge in [0.05, 0.1) is 5.52 Å². The molecule has 0 radical (unpaired) electrons. The fraction of sp³-hybridized carbons (Fsp3) is 0.125. The van der Waals surface area contributed by atoms with Crippen LogP contribution < -0.4 is 21.3 Å². The van der Waals surface area contributed by atoms with Gasteiger partial charge in [-0.25, -0.2) is 9.59 Å². The van der Waals surface area contributed by atoms with Crippen molar-refractivity contribution in [1.82, 2.24) is 15.0 Å². The fourth-order valence-electron chi connectivity index (χ4n) is 3.08. The van der Waals surface area contributed by atoms with E-state index in [2.05, 4.69) is 15.3 Å². The molecule has 0 aliphatic heterocycles. The van der Waals surface area contributed by atoms with E-state index in [1.54, 1.807) is 24.3 Å². The van der Waals surface area contributed by atoms with Crippen molar-refractivity contribution in [3.63, 3.8) is 0 Å². The number of benzene rings is 2. The van der Waals surface area contributed by atoms with Gasteiger partial charge in [0, 0.05) is 28.4 Å². The first-order valence-corrected chi connectivity index (χ1v) is 10.5. The highest BCUT2D eigenvalue weighted by Gasteiger charge is 2.38. The number of H-pyrrole nitrogens is 2. The predicted octanol–water partition coefficient (Wildman–Crippen LogP) is 3.38. The zero-order chi connectivity index (χ0) is 27.2. The number of carboxylic acid groups (broad SMARTS) is 1. The van der Waals surface area contributed by atoms with E-state index in [-0.39, 0.29) is 5.69 Å². The second-order valence-corrected chi connectivity index (χ2v) is 7.50. The molecule has 13 heteroatoms. The lowest BCUT2D eigenvalue weighted by molar-refractivity contribution is -0.192. The maximum absolute atomic E-state index is 12.3. The highest BCUT2D eigenvalue weighted by atomic mass is 19.4. The molecule has 192 valence electrons. The molecule has 0 bridgehead atoms. The Morgan fingerprint density at radius 1 is 1.08 bits per heavy atom. The Morgan fingerprint density at radius 2 is 1.73 bits per heavy atom. The summed E-state index contributed by atoms with van der Waals surface area (Å²) in [5, 5.41) is 10.6. The number of rotatable bonds is 5. The summed E-state index contributed by atoms with van der Waals surface area (Å²) in [4.78, 5) is 52.8. The summed E-state index contributed by atoms with van der Waals surface area (Å²) < 4.78 is 37.6. The molecular formula is C24H19F3N4O6. The lowest BCUT2D eigenvalue weighted by Crippen LogP contribution is -2.26. The number of carbonyl (C=O) groups excluding carboxylic acids is 1. The molecule has 0 saturated carbocycles. The van der Waals surface area contributed by atoms with Crippen LogP contribution in [0.1, 0.15) is 21.6 Å². The summed E-state index contributed by atoms with van der Waals surface area (Å²) >= 11 is 0. The third kappa shape index (κ3) is 7.27. The molecule has 2 heterocycles. The fourth-order valence-corrected chi connectivity index (χ4v) is 3.08. The number of amides is 1. The molecule has 0 aliphatic rings. The first-order chi connectivity index (χ1) is 17.4. The quantitative estimate of drug-likeness (QED) is 0.317. The number of nitrogens with zero attached hydrogens (tertiary/aromatic N) is 1. The minimum absolute atomic E-state index is 0.0418.